The highest BCUT2D eigenvalue weighted by Crippen LogP contribution is 2.38. The second-order valence-corrected chi connectivity index (χ2v) is 8.13. The van der Waals surface area contributed by atoms with Crippen LogP contribution in [0, 0.1) is 0 Å². The van der Waals surface area contributed by atoms with Crippen LogP contribution >= 0.6 is 0 Å². The van der Waals surface area contributed by atoms with Crippen LogP contribution in [0.5, 0.6) is 5.75 Å². The van der Waals surface area contributed by atoms with Crippen molar-refractivity contribution < 1.29 is 30.9 Å². The van der Waals surface area contributed by atoms with Crippen molar-refractivity contribution in [1.82, 2.24) is 0 Å². The Morgan fingerprint density at radius 3 is 1.96 bits per heavy atom. The molecule has 1 rings (SSSR count). The molecule has 0 N–H and O–H groups in total. The van der Waals surface area contributed by atoms with Crippen molar-refractivity contribution >= 4 is 10.8 Å². The van der Waals surface area contributed by atoms with Gasteiger partial charge in [-0.05, 0) is 31.4 Å². The van der Waals surface area contributed by atoms with Gasteiger partial charge < -0.3 is 4.74 Å². The summed E-state index contributed by atoms with van der Waals surface area (Å²) in [5.41, 5.74) is 0. The van der Waals surface area contributed by atoms with Crippen molar-refractivity contribution in [2.75, 3.05) is 18.1 Å². The standard InChI is InChI=1S/C19H27F5O2S/c20-18(21,19(22,23)24)13-10-16-27(25)15-9-4-2-1-3-8-14-26-17-11-6-5-7-12-17/h5-7,11-12H,1-4,8-10,13-16H2. The van der Waals surface area contributed by atoms with Gasteiger partial charge in [-0.15, -0.1) is 0 Å². The van der Waals surface area contributed by atoms with Gasteiger partial charge in [0.25, 0.3) is 0 Å². The van der Waals surface area contributed by atoms with E-state index in [0.29, 0.717) is 18.8 Å². The molecule has 0 spiro atoms. The SMILES string of the molecule is O=S(CCCCCCCCOc1ccccc1)CCCC(F)(F)C(F)(F)F. The second-order valence-electron chi connectivity index (χ2n) is 6.44. The van der Waals surface area contributed by atoms with Gasteiger partial charge in [-0.25, -0.2) is 0 Å². The molecule has 1 aromatic rings. The van der Waals surface area contributed by atoms with E-state index < -0.39 is 29.3 Å². The van der Waals surface area contributed by atoms with Gasteiger partial charge in [-0.3, -0.25) is 4.21 Å². The Labute approximate surface area is 159 Å². The monoisotopic (exact) mass is 414 g/mol. The van der Waals surface area contributed by atoms with Crippen LogP contribution in [0.25, 0.3) is 0 Å². The Hall–Kier alpha value is -1.18. The van der Waals surface area contributed by atoms with Crippen LogP contribution < -0.4 is 4.74 Å². The molecule has 0 aliphatic carbocycles. The molecular formula is C19H27F5O2S. The first-order chi connectivity index (χ1) is 12.7. The zero-order valence-electron chi connectivity index (χ0n) is 15.3. The molecule has 27 heavy (non-hydrogen) atoms. The summed E-state index contributed by atoms with van der Waals surface area (Å²) >= 11 is 0. The number of rotatable bonds is 14. The molecule has 0 fully saturated rings. The van der Waals surface area contributed by atoms with Gasteiger partial charge in [0.15, 0.2) is 0 Å². The summed E-state index contributed by atoms with van der Waals surface area (Å²) in [5.74, 6) is -3.59. The van der Waals surface area contributed by atoms with Crippen LogP contribution in [0.15, 0.2) is 30.3 Å². The number of alkyl halides is 5. The van der Waals surface area contributed by atoms with E-state index in [0.717, 1.165) is 37.9 Å². The summed E-state index contributed by atoms with van der Waals surface area (Å²) in [4.78, 5) is 0. The van der Waals surface area contributed by atoms with Crippen molar-refractivity contribution in [2.24, 2.45) is 0 Å². The van der Waals surface area contributed by atoms with Crippen LogP contribution in [0.1, 0.15) is 51.4 Å². The van der Waals surface area contributed by atoms with E-state index in [-0.39, 0.29) is 12.2 Å². The third kappa shape index (κ3) is 10.7. The topological polar surface area (TPSA) is 26.3 Å². The van der Waals surface area contributed by atoms with Gasteiger partial charge in [0.1, 0.15) is 5.75 Å². The quantitative estimate of drug-likeness (QED) is 0.270. The first-order valence-electron chi connectivity index (χ1n) is 9.20. The summed E-state index contributed by atoms with van der Waals surface area (Å²) in [6.07, 6.45) is -1.64. The third-order valence-corrected chi connectivity index (χ3v) is 5.54. The van der Waals surface area contributed by atoms with E-state index in [1.54, 1.807) is 0 Å². The number of para-hydroxylation sites is 1. The minimum Gasteiger partial charge on any atom is -0.494 e. The van der Waals surface area contributed by atoms with Crippen molar-refractivity contribution in [1.29, 1.82) is 0 Å². The highest BCUT2D eigenvalue weighted by atomic mass is 32.2. The van der Waals surface area contributed by atoms with E-state index in [1.165, 1.54) is 0 Å². The summed E-state index contributed by atoms with van der Waals surface area (Å²) < 4.78 is 78.7. The summed E-state index contributed by atoms with van der Waals surface area (Å²) in [6, 6.07) is 9.58. The Morgan fingerprint density at radius 1 is 0.778 bits per heavy atom. The number of halogens is 5. The van der Waals surface area contributed by atoms with Crippen LogP contribution in [0.2, 0.25) is 0 Å². The molecule has 0 amide bonds. The molecule has 0 bridgehead atoms. The molecule has 2 nitrogen and oxygen atoms in total. The van der Waals surface area contributed by atoms with Gasteiger partial charge in [0.2, 0.25) is 0 Å². The second kappa shape index (κ2) is 12.3. The molecule has 1 unspecified atom stereocenters. The molecule has 0 heterocycles. The van der Waals surface area contributed by atoms with Gasteiger partial charge >= 0.3 is 12.1 Å². The van der Waals surface area contributed by atoms with E-state index in [4.69, 9.17) is 4.74 Å². The lowest BCUT2D eigenvalue weighted by atomic mass is 10.1. The molecule has 1 aromatic carbocycles. The molecule has 156 valence electrons. The normalized spacial score (nSPS) is 13.5. The largest absolute Gasteiger partial charge is 0.494 e. The van der Waals surface area contributed by atoms with Crippen molar-refractivity contribution in [3.63, 3.8) is 0 Å². The average Bonchev–Trinajstić information content (AvgIpc) is 2.60. The minimum atomic E-state index is -5.53. The molecule has 0 aromatic heterocycles. The molecule has 0 saturated carbocycles. The van der Waals surface area contributed by atoms with Crippen LogP contribution in [0.3, 0.4) is 0 Å². The molecule has 0 saturated heterocycles. The highest BCUT2D eigenvalue weighted by molar-refractivity contribution is 7.84. The Bertz CT molecular complexity index is 535. The maximum absolute atomic E-state index is 12.7. The van der Waals surface area contributed by atoms with Crippen molar-refractivity contribution in [2.45, 2.75) is 63.5 Å². The number of hydrogen-bond donors (Lipinski definition) is 0. The summed E-state index contributed by atoms with van der Waals surface area (Å²) in [5, 5.41) is 0. The third-order valence-electron chi connectivity index (χ3n) is 4.06. The van der Waals surface area contributed by atoms with E-state index in [1.807, 2.05) is 30.3 Å². The van der Waals surface area contributed by atoms with Gasteiger partial charge in [-0.2, -0.15) is 22.0 Å². The number of hydrogen-bond acceptors (Lipinski definition) is 2. The van der Waals surface area contributed by atoms with E-state index >= 15 is 0 Å². The molecule has 0 aliphatic heterocycles. The number of unbranched alkanes of at least 4 members (excludes halogenated alkanes) is 5. The lowest BCUT2D eigenvalue weighted by Crippen LogP contribution is -2.36. The lowest BCUT2D eigenvalue weighted by molar-refractivity contribution is -0.284. The molecule has 1 atom stereocenters. The van der Waals surface area contributed by atoms with Crippen molar-refractivity contribution in [3.05, 3.63) is 30.3 Å². The molecule has 8 heteroatoms. The first-order valence-corrected chi connectivity index (χ1v) is 10.7. The summed E-state index contributed by atoms with van der Waals surface area (Å²) in [6.45, 7) is 0.663. The highest BCUT2D eigenvalue weighted by Gasteiger charge is 2.56. The van der Waals surface area contributed by atoms with Gasteiger partial charge in [0.05, 0.1) is 6.61 Å². The molecule has 0 radical (unpaired) electrons. The zero-order chi connectivity index (χ0) is 20.2. The fraction of sp³-hybridized carbons (Fsp3) is 0.684. The van der Waals surface area contributed by atoms with Gasteiger partial charge in [-0.1, -0.05) is 43.9 Å². The summed E-state index contributed by atoms with van der Waals surface area (Å²) in [7, 11) is -1.33. The predicted molar refractivity (Wildman–Crippen MR) is 97.8 cm³/mol. The Morgan fingerprint density at radius 2 is 1.33 bits per heavy atom. The van der Waals surface area contributed by atoms with E-state index in [2.05, 4.69) is 0 Å². The first kappa shape index (κ1) is 23.9. The minimum absolute atomic E-state index is 0.109. The smallest absolute Gasteiger partial charge is 0.453 e. The lowest BCUT2D eigenvalue weighted by Gasteiger charge is -2.19. The van der Waals surface area contributed by atoms with Crippen molar-refractivity contribution in [3.8, 4) is 5.75 Å². The Balaban J connectivity index is 1.93. The Kier molecular flexibility index (Phi) is 10.9. The zero-order valence-corrected chi connectivity index (χ0v) is 16.1. The predicted octanol–water partition coefficient (Wildman–Crippen LogP) is 6.13. The maximum atomic E-state index is 12.7. The van der Waals surface area contributed by atoms with Crippen LogP contribution in [0.4, 0.5) is 22.0 Å². The van der Waals surface area contributed by atoms with Crippen LogP contribution in [-0.2, 0) is 10.8 Å². The fourth-order valence-corrected chi connectivity index (χ4v) is 3.67. The number of ether oxygens (including phenoxy) is 1. The molecule has 0 aliphatic rings. The fourth-order valence-electron chi connectivity index (χ4n) is 2.48. The molecular weight excluding hydrogens is 387 g/mol. The van der Waals surface area contributed by atoms with E-state index in [9.17, 15) is 26.2 Å². The van der Waals surface area contributed by atoms with Crippen LogP contribution in [-0.4, -0.2) is 34.4 Å². The average molecular weight is 414 g/mol. The number of benzene rings is 1. The maximum Gasteiger partial charge on any atom is 0.453 e. The van der Waals surface area contributed by atoms with Gasteiger partial charge in [0, 0.05) is 28.7 Å².